The van der Waals surface area contributed by atoms with Crippen LogP contribution in [0.4, 0.5) is 0 Å². The van der Waals surface area contributed by atoms with E-state index >= 15 is 0 Å². The molecule has 19 heavy (non-hydrogen) atoms. The van der Waals surface area contributed by atoms with Crippen molar-refractivity contribution in [2.24, 2.45) is 5.14 Å². The molecule has 7 heteroatoms. The molecule has 0 saturated heterocycles. The van der Waals surface area contributed by atoms with Crippen LogP contribution in [0, 0.1) is 0 Å². The van der Waals surface area contributed by atoms with Gasteiger partial charge in [0.05, 0.1) is 6.61 Å². The number of nitrogens with two attached hydrogens (primary N) is 1. The maximum absolute atomic E-state index is 11.3. The lowest BCUT2D eigenvalue weighted by atomic mass is 10.1. The lowest BCUT2D eigenvalue weighted by Crippen LogP contribution is -2.09. The number of primary sulfonamides is 1. The van der Waals surface area contributed by atoms with Gasteiger partial charge in [0, 0.05) is 18.0 Å². The summed E-state index contributed by atoms with van der Waals surface area (Å²) in [5.41, 5.74) is 0.979. The molecule has 0 bridgehead atoms. The number of esters is 1. The average molecular weight is 299 g/mol. The van der Waals surface area contributed by atoms with Gasteiger partial charge in [-0.1, -0.05) is 12.1 Å². The summed E-state index contributed by atoms with van der Waals surface area (Å²) >= 11 is 1.14. The highest BCUT2D eigenvalue weighted by Crippen LogP contribution is 2.29. The first kappa shape index (κ1) is 14.0. The van der Waals surface area contributed by atoms with Gasteiger partial charge in [-0.2, -0.15) is 0 Å². The number of thiophene rings is 1. The molecule has 0 unspecified atom stereocenters. The van der Waals surface area contributed by atoms with E-state index in [-0.39, 0.29) is 10.2 Å². The number of sulfonamides is 1. The standard InChI is InChI=1S/C12H13NO4S2/c1-8(14)17-5-4-9-2-3-11-10(6-9)7-12(18-11)19(13,15)16/h2-3,6-7H,4-5H2,1H3,(H2,13,15,16). The summed E-state index contributed by atoms with van der Waals surface area (Å²) in [7, 11) is -3.66. The number of carbonyl (C=O) groups is 1. The van der Waals surface area contributed by atoms with Gasteiger partial charge < -0.3 is 4.74 Å². The molecule has 0 aliphatic rings. The second kappa shape index (κ2) is 5.28. The monoisotopic (exact) mass is 299 g/mol. The number of hydrogen-bond donors (Lipinski definition) is 1. The molecule has 0 aliphatic carbocycles. The predicted molar refractivity (Wildman–Crippen MR) is 73.5 cm³/mol. The molecule has 2 rings (SSSR count). The minimum absolute atomic E-state index is 0.152. The van der Waals surface area contributed by atoms with E-state index < -0.39 is 10.0 Å². The molecule has 0 radical (unpaired) electrons. The summed E-state index contributed by atoms with van der Waals surface area (Å²) in [5, 5.41) is 5.93. The van der Waals surface area contributed by atoms with E-state index in [0.29, 0.717) is 13.0 Å². The Bertz CT molecular complexity index is 718. The maximum Gasteiger partial charge on any atom is 0.302 e. The summed E-state index contributed by atoms with van der Waals surface area (Å²) in [5.74, 6) is -0.312. The molecule has 0 aliphatic heterocycles. The molecular weight excluding hydrogens is 286 g/mol. The Morgan fingerprint density at radius 3 is 2.74 bits per heavy atom. The Labute approximate surface area is 115 Å². The van der Waals surface area contributed by atoms with Gasteiger partial charge in [-0.05, 0) is 23.1 Å². The largest absolute Gasteiger partial charge is 0.466 e. The van der Waals surface area contributed by atoms with Crippen molar-refractivity contribution in [3.63, 3.8) is 0 Å². The summed E-state index contributed by atoms with van der Waals surface area (Å²) < 4.78 is 28.4. The summed E-state index contributed by atoms with van der Waals surface area (Å²) in [6.07, 6.45) is 0.593. The van der Waals surface area contributed by atoms with E-state index in [2.05, 4.69) is 0 Å². The molecule has 5 nitrogen and oxygen atoms in total. The number of rotatable bonds is 4. The van der Waals surface area contributed by atoms with Crippen LogP contribution in [-0.2, 0) is 26.0 Å². The number of fused-ring (bicyclic) bond motifs is 1. The molecule has 0 atom stereocenters. The molecule has 0 fully saturated rings. The fourth-order valence-electron chi connectivity index (χ4n) is 1.68. The number of hydrogen-bond acceptors (Lipinski definition) is 5. The van der Waals surface area contributed by atoms with Crippen LogP contribution in [-0.4, -0.2) is 21.0 Å². The third-order valence-corrected chi connectivity index (χ3v) is 5.07. The van der Waals surface area contributed by atoms with Gasteiger partial charge >= 0.3 is 5.97 Å². The van der Waals surface area contributed by atoms with E-state index in [9.17, 15) is 13.2 Å². The minimum atomic E-state index is -3.66. The predicted octanol–water partition coefficient (Wildman–Crippen LogP) is 1.65. The van der Waals surface area contributed by atoms with Crippen LogP contribution in [0.5, 0.6) is 0 Å². The van der Waals surface area contributed by atoms with Gasteiger partial charge in [0.1, 0.15) is 4.21 Å². The molecule has 1 aromatic carbocycles. The van der Waals surface area contributed by atoms with Crippen LogP contribution < -0.4 is 5.14 Å². The van der Waals surface area contributed by atoms with Gasteiger partial charge in [-0.15, -0.1) is 11.3 Å². The van der Waals surface area contributed by atoms with Gasteiger partial charge in [0.15, 0.2) is 0 Å². The topological polar surface area (TPSA) is 86.5 Å². The van der Waals surface area contributed by atoms with E-state index in [1.165, 1.54) is 6.92 Å². The van der Waals surface area contributed by atoms with Crippen molar-refractivity contribution in [2.45, 2.75) is 17.6 Å². The van der Waals surface area contributed by atoms with Gasteiger partial charge in [-0.3, -0.25) is 4.79 Å². The van der Waals surface area contributed by atoms with Crippen molar-refractivity contribution in [2.75, 3.05) is 6.61 Å². The molecule has 2 N–H and O–H groups in total. The first-order chi connectivity index (χ1) is 8.86. The Hall–Kier alpha value is -1.44. The first-order valence-electron chi connectivity index (χ1n) is 5.55. The third-order valence-electron chi connectivity index (χ3n) is 2.53. The molecule has 2 aromatic rings. The van der Waals surface area contributed by atoms with Gasteiger partial charge in [-0.25, -0.2) is 13.6 Å². The summed E-state index contributed by atoms with van der Waals surface area (Å²) in [6.45, 7) is 1.67. The highest BCUT2D eigenvalue weighted by atomic mass is 32.2. The molecule has 102 valence electrons. The van der Waals surface area contributed by atoms with Crippen LogP contribution in [0.15, 0.2) is 28.5 Å². The highest BCUT2D eigenvalue weighted by Gasteiger charge is 2.12. The fourth-order valence-corrected chi connectivity index (χ4v) is 3.48. The first-order valence-corrected chi connectivity index (χ1v) is 7.91. The fraction of sp³-hybridized carbons (Fsp3) is 0.250. The number of benzene rings is 1. The molecule has 1 heterocycles. The zero-order chi connectivity index (χ0) is 14.0. The van der Waals surface area contributed by atoms with Crippen molar-refractivity contribution in [3.05, 3.63) is 29.8 Å². The van der Waals surface area contributed by atoms with Crippen LogP contribution in [0.25, 0.3) is 10.1 Å². The second-order valence-corrected chi connectivity index (χ2v) is 6.94. The van der Waals surface area contributed by atoms with Crippen LogP contribution in [0.1, 0.15) is 12.5 Å². The Morgan fingerprint density at radius 1 is 1.37 bits per heavy atom. The zero-order valence-electron chi connectivity index (χ0n) is 10.3. The second-order valence-electron chi connectivity index (χ2n) is 4.07. The summed E-state index contributed by atoms with van der Waals surface area (Å²) in [4.78, 5) is 10.7. The van der Waals surface area contributed by atoms with E-state index in [1.807, 2.05) is 18.2 Å². The van der Waals surface area contributed by atoms with E-state index in [0.717, 1.165) is 27.0 Å². The average Bonchev–Trinajstić information content (AvgIpc) is 2.71. The Balaban J connectivity index is 2.23. The third kappa shape index (κ3) is 3.52. The smallest absolute Gasteiger partial charge is 0.302 e. The van der Waals surface area contributed by atoms with Crippen LogP contribution in [0.2, 0.25) is 0 Å². The number of ether oxygens (including phenoxy) is 1. The summed E-state index contributed by atoms with van der Waals surface area (Å²) in [6, 6.07) is 7.17. The van der Waals surface area contributed by atoms with Crippen molar-refractivity contribution in [1.29, 1.82) is 0 Å². The normalized spacial score (nSPS) is 11.7. The maximum atomic E-state index is 11.3. The van der Waals surface area contributed by atoms with Crippen molar-refractivity contribution >= 4 is 37.4 Å². The van der Waals surface area contributed by atoms with Crippen LogP contribution in [0.3, 0.4) is 0 Å². The van der Waals surface area contributed by atoms with Crippen molar-refractivity contribution in [3.8, 4) is 0 Å². The Kier molecular flexibility index (Phi) is 3.88. The zero-order valence-corrected chi connectivity index (χ0v) is 11.9. The SMILES string of the molecule is CC(=O)OCCc1ccc2sc(S(N)(=O)=O)cc2c1. The lowest BCUT2D eigenvalue weighted by molar-refractivity contribution is -0.140. The highest BCUT2D eigenvalue weighted by molar-refractivity contribution is 7.91. The number of carbonyl (C=O) groups excluding carboxylic acids is 1. The van der Waals surface area contributed by atoms with E-state index in [4.69, 9.17) is 9.88 Å². The van der Waals surface area contributed by atoms with Gasteiger partial charge in [0.2, 0.25) is 10.0 Å². The molecule has 0 saturated carbocycles. The lowest BCUT2D eigenvalue weighted by Gasteiger charge is -2.02. The molecular formula is C12H13NO4S2. The van der Waals surface area contributed by atoms with Crippen LogP contribution >= 0.6 is 11.3 Å². The Morgan fingerprint density at radius 2 is 2.11 bits per heavy atom. The van der Waals surface area contributed by atoms with E-state index in [1.54, 1.807) is 6.07 Å². The van der Waals surface area contributed by atoms with Crippen molar-refractivity contribution < 1.29 is 17.9 Å². The van der Waals surface area contributed by atoms with Gasteiger partial charge in [0.25, 0.3) is 0 Å². The molecule has 1 aromatic heterocycles. The molecule has 0 spiro atoms. The molecule has 0 amide bonds. The van der Waals surface area contributed by atoms with Crippen molar-refractivity contribution in [1.82, 2.24) is 0 Å². The quantitative estimate of drug-likeness (QED) is 0.870. The minimum Gasteiger partial charge on any atom is -0.466 e.